The van der Waals surface area contributed by atoms with E-state index >= 15 is 0 Å². The van der Waals surface area contributed by atoms with E-state index in [1.165, 1.54) is 7.11 Å². The fraction of sp³-hybridized carbons (Fsp3) is 0.417. The molecule has 0 aliphatic carbocycles. The summed E-state index contributed by atoms with van der Waals surface area (Å²) < 4.78 is 4.49. The molecule has 1 atom stereocenters. The van der Waals surface area contributed by atoms with Crippen LogP contribution in [0, 0.1) is 20.8 Å². The van der Waals surface area contributed by atoms with Crippen LogP contribution in [0.4, 0.5) is 0 Å². The smallest absolute Gasteiger partial charge is 0.339 e. The van der Waals surface area contributed by atoms with Crippen molar-refractivity contribution in [2.45, 2.75) is 26.9 Å². The molecule has 0 heterocycles. The maximum atomic E-state index is 11.3. The predicted molar refractivity (Wildman–Crippen MR) is 64.3 cm³/mol. The second-order valence-corrected chi connectivity index (χ2v) is 4.25. The van der Waals surface area contributed by atoms with E-state index in [-0.39, 0.29) is 10.8 Å². The molecule has 4 nitrogen and oxygen atoms in total. The lowest BCUT2D eigenvalue weighted by molar-refractivity contribution is -0.150. The second kappa shape index (κ2) is 4.94. The van der Waals surface area contributed by atoms with E-state index in [4.69, 9.17) is 11.6 Å². The first-order valence-corrected chi connectivity index (χ1v) is 5.44. The zero-order valence-electron chi connectivity index (χ0n) is 10.2. The minimum atomic E-state index is -1.39. The van der Waals surface area contributed by atoms with E-state index in [2.05, 4.69) is 4.74 Å². The van der Waals surface area contributed by atoms with Crippen LogP contribution < -0.4 is 0 Å². The molecule has 0 radical (unpaired) electrons. The molecule has 0 aliphatic rings. The molecular formula is C12H15ClO4. The van der Waals surface area contributed by atoms with Crippen molar-refractivity contribution in [3.05, 3.63) is 27.3 Å². The number of carbonyl (C=O) groups is 1. The number of ether oxygens (including phenoxy) is 1. The lowest BCUT2D eigenvalue weighted by atomic mass is 9.93. The van der Waals surface area contributed by atoms with Gasteiger partial charge in [-0.2, -0.15) is 0 Å². The Kier molecular flexibility index (Phi) is 4.01. The van der Waals surface area contributed by atoms with E-state index in [1.807, 2.05) is 0 Å². The highest BCUT2D eigenvalue weighted by molar-refractivity contribution is 6.33. The standard InChI is InChI=1S/C12H15ClO4/c1-5-6(2)10(14)9(13)7(3)8(5)11(15)12(16)17-4/h11,14-15H,1-4H3. The highest BCUT2D eigenvalue weighted by Gasteiger charge is 2.26. The molecule has 0 amide bonds. The molecule has 1 unspecified atom stereocenters. The fourth-order valence-corrected chi connectivity index (χ4v) is 2.00. The summed E-state index contributed by atoms with van der Waals surface area (Å²) in [4.78, 5) is 11.3. The van der Waals surface area contributed by atoms with Gasteiger partial charge in [0.1, 0.15) is 5.75 Å². The van der Waals surface area contributed by atoms with Crippen LogP contribution in [0.15, 0.2) is 0 Å². The quantitative estimate of drug-likeness (QED) is 0.798. The SMILES string of the molecule is COC(=O)C(O)c1c(C)c(C)c(O)c(Cl)c1C. The van der Waals surface area contributed by atoms with Crippen molar-refractivity contribution in [3.63, 3.8) is 0 Å². The number of rotatable bonds is 2. The van der Waals surface area contributed by atoms with E-state index in [0.29, 0.717) is 22.3 Å². The van der Waals surface area contributed by atoms with E-state index in [0.717, 1.165) is 0 Å². The molecule has 94 valence electrons. The first kappa shape index (κ1) is 13.8. The molecule has 1 aromatic carbocycles. The molecule has 1 rings (SSSR count). The Morgan fingerprint density at radius 2 is 1.76 bits per heavy atom. The van der Waals surface area contributed by atoms with Crippen molar-refractivity contribution in [2.24, 2.45) is 0 Å². The summed E-state index contributed by atoms with van der Waals surface area (Å²) in [7, 11) is 1.20. The summed E-state index contributed by atoms with van der Waals surface area (Å²) in [6.07, 6.45) is -1.39. The average Bonchev–Trinajstić information content (AvgIpc) is 2.32. The third-order valence-electron chi connectivity index (χ3n) is 2.96. The van der Waals surface area contributed by atoms with E-state index < -0.39 is 12.1 Å². The lowest BCUT2D eigenvalue weighted by Gasteiger charge is -2.19. The Bertz CT molecular complexity index is 439. The third kappa shape index (κ3) is 2.23. The first-order chi connectivity index (χ1) is 7.82. The van der Waals surface area contributed by atoms with Crippen molar-refractivity contribution in [3.8, 4) is 5.75 Å². The number of hydrogen-bond donors (Lipinski definition) is 2. The average molecular weight is 259 g/mol. The Morgan fingerprint density at radius 1 is 1.24 bits per heavy atom. The highest BCUT2D eigenvalue weighted by atomic mass is 35.5. The van der Waals surface area contributed by atoms with Crippen molar-refractivity contribution < 1.29 is 19.7 Å². The maximum Gasteiger partial charge on any atom is 0.339 e. The van der Waals surface area contributed by atoms with Crippen LogP contribution in [0.5, 0.6) is 5.75 Å². The number of esters is 1. The molecule has 0 saturated heterocycles. The van der Waals surface area contributed by atoms with Gasteiger partial charge in [-0.25, -0.2) is 4.79 Å². The van der Waals surface area contributed by atoms with Crippen LogP contribution >= 0.6 is 11.6 Å². The number of aliphatic hydroxyl groups excluding tert-OH is 1. The van der Waals surface area contributed by atoms with Gasteiger partial charge in [0, 0.05) is 0 Å². The molecule has 0 spiro atoms. The summed E-state index contributed by atoms with van der Waals surface area (Å²) in [6, 6.07) is 0. The number of aliphatic hydroxyl groups is 1. The van der Waals surface area contributed by atoms with Gasteiger partial charge in [-0.15, -0.1) is 0 Å². The zero-order valence-corrected chi connectivity index (χ0v) is 10.9. The van der Waals surface area contributed by atoms with E-state index in [9.17, 15) is 15.0 Å². The number of phenolic OH excluding ortho intramolecular Hbond substituents is 1. The topological polar surface area (TPSA) is 66.8 Å². The molecule has 0 aliphatic heterocycles. The van der Waals surface area contributed by atoms with Gasteiger partial charge in [0.2, 0.25) is 0 Å². The summed E-state index contributed by atoms with van der Waals surface area (Å²) in [5.41, 5.74) is 2.03. The molecule has 0 fully saturated rings. The Labute approximate surface area is 105 Å². The first-order valence-electron chi connectivity index (χ1n) is 5.06. The minimum Gasteiger partial charge on any atom is -0.506 e. The maximum absolute atomic E-state index is 11.3. The van der Waals surface area contributed by atoms with Crippen molar-refractivity contribution in [1.29, 1.82) is 0 Å². The summed E-state index contributed by atoms with van der Waals surface area (Å²) in [6.45, 7) is 5.01. The molecule has 0 bridgehead atoms. The van der Waals surface area contributed by atoms with Crippen molar-refractivity contribution in [1.82, 2.24) is 0 Å². The van der Waals surface area contributed by atoms with Crippen LogP contribution in [0.25, 0.3) is 0 Å². The Morgan fingerprint density at radius 3 is 2.24 bits per heavy atom. The molecule has 0 aromatic heterocycles. The van der Waals surface area contributed by atoms with Gasteiger partial charge in [0.05, 0.1) is 12.1 Å². The molecule has 0 saturated carbocycles. The zero-order chi connectivity index (χ0) is 13.3. The van der Waals surface area contributed by atoms with E-state index in [1.54, 1.807) is 20.8 Å². The number of benzene rings is 1. The number of hydrogen-bond acceptors (Lipinski definition) is 4. The summed E-state index contributed by atoms with van der Waals surface area (Å²) >= 11 is 5.94. The Balaban J connectivity index is 3.49. The normalized spacial score (nSPS) is 12.4. The lowest BCUT2D eigenvalue weighted by Crippen LogP contribution is -2.16. The molecule has 5 heteroatoms. The number of aromatic hydroxyl groups is 1. The van der Waals surface area contributed by atoms with Gasteiger partial charge in [-0.05, 0) is 43.0 Å². The number of carbonyl (C=O) groups excluding carboxylic acids is 1. The molecule has 2 N–H and O–H groups in total. The van der Waals surface area contributed by atoms with Crippen molar-refractivity contribution >= 4 is 17.6 Å². The molecule has 1 aromatic rings. The number of halogens is 1. The van der Waals surface area contributed by atoms with Gasteiger partial charge >= 0.3 is 5.97 Å². The molecular weight excluding hydrogens is 244 g/mol. The van der Waals surface area contributed by atoms with Crippen molar-refractivity contribution in [2.75, 3.05) is 7.11 Å². The monoisotopic (exact) mass is 258 g/mol. The number of phenols is 1. The molecule has 17 heavy (non-hydrogen) atoms. The van der Waals surface area contributed by atoms with Crippen LogP contribution in [0.3, 0.4) is 0 Å². The largest absolute Gasteiger partial charge is 0.506 e. The van der Waals surface area contributed by atoms with Crippen LogP contribution in [0.1, 0.15) is 28.4 Å². The predicted octanol–water partition coefficient (Wildman–Crippen LogP) is 2.18. The fourth-order valence-electron chi connectivity index (χ4n) is 1.76. The van der Waals surface area contributed by atoms with Crippen LogP contribution in [0.2, 0.25) is 5.02 Å². The highest BCUT2D eigenvalue weighted by Crippen LogP contribution is 2.38. The Hall–Kier alpha value is -1.26. The van der Waals surface area contributed by atoms with Gasteiger partial charge in [-0.1, -0.05) is 11.6 Å². The minimum absolute atomic E-state index is 0.0255. The third-order valence-corrected chi connectivity index (χ3v) is 3.42. The second-order valence-electron chi connectivity index (χ2n) is 3.88. The number of methoxy groups -OCH3 is 1. The summed E-state index contributed by atoms with van der Waals surface area (Å²) in [5, 5.41) is 19.8. The van der Waals surface area contributed by atoms with Gasteiger partial charge in [0.25, 0.3) is 0 Å². The van der Waals surface area contributed by atoms with Crippen LogP contribution in [-0.4, -0.2) is 23.3 Å². The van der Waals surface area contributed by atoms with Gasteiger partial charge in [0.15, 0.2) is 6.10 Å². The van der Waals surface area contributed by atoms with Crippen LogP contribution in [-0.2, 0) is 9.53 Å². The van der Waals surface area contributed by atoms with Gasteiger partial charge in [-0.3, -0.25) is 0 Å². The van der Waals surface area contributed by atoms with Gasteiger partial charge < -0.3 is 14.9 Å². The summed E-state index contributed by atoms with van der Waals surface area (Å²) in [5.74, 6) is -0.778.